The van der Waals surface area contributed by atoms with E-state index >= 15 is 0 Å². The van der Waals surface area contributed by atoms with Gasteiger partial charge >= 0.3 is 5.97 Å². The third-order valence-corrected chi connectivity index (χ3v) is 4.27. The molecule has 1 aromatic rings. The molecule has 3 heterocycles. The molecule has 1 spiro atoms. The summed E-state index contributed by atoms with van der Waals surface area (Å²) in [5, 5.41) is 0. The van der Waals surface area contributed by atoms with Gasteiger partial charge in [-0.05, 0) is 6.42 Å². The molecule has 1 saturated heterocycles. The van der Waals surface area contributed by atoms with Crippen LogP contribution in [-0.2, 0) is 21.4 Å². The van der Waals surface area contributed by atoms with Crippen LogP contribution in [0, 0.1) is 0 Å². The smallest absolute Gasteiger partial charge is 0.320 e. The van der Waals surface area contributed by atoms with Crippen molar-refractivity contribution in [2.24, 2.45) is 0 Å². The Morgan fingerprint density at radius 3 is 3.06 bits per heavy atom. The number of esters is 1. The molecule has 1 unspecified atom stereocenters. The fourth-order valence-electron chi connectivity index (χ4n) is 2.58. The van der Waals surface area contributed by atoms with Gasteiger partial charge in [0.05, 0.1) is 13.2 Å². The van der Waals surface area contributed by atoms with Crippen LogP contribution in [0.25, 0.3) is 0 Å². The fourth-order valence-corrected chi connectivity index (χ4v) is 2.87. The van der Waals surface area contributed by atoms with E-state index in [1.54, 1.807) is 0 Å². The molecule has 0 saturated carbocycles. The SMILES string of the molecule is O=C1OCCC12Cc1cc(OCCC[SiH3])c2o1. The van der Waals surface area contributed by atoms with Crippen molar-refractivity contribution in [3.05, 3.63) is 17.6 Å². The van der Waals surface area contributed by atoms with E-state index in [-0.39, 0.29) is 5.97 Å². The van der Waals surface area contributed by atoms with Crippen molar-refractivity contribution in [3.63, 3.8) is 0 Å². The quantitative estimate of drug-likeness (QED) is 0.447. The van der Waals surface area contributed by atoms with Crippen molar-refractivity contribution in [2.45, 2.75) is 30.7 Å². The standard InChI is InChI=1S/C12H16O4Si/c13-11-12(2-4-15-11)7-8-6-9(10(12)16-8)14-3-1-5-17/h6H,1-5,7H2,17H3. The molecule has 5 heteroatoms. The largest absolute Gasteiger partial charge is 0.490 e. The van der Waals surface area contributed by atoms with Gasteiger partial charge in [0.25, 0.3) is 0 Å². The number of hydrogen-bond acceptors (Lipinski definition) is 4. The van der Waals surface area contributed by atoms with E-state index in [2.05, 4.69) is 0 Å². The van der Waals surface area contributed by atoms with Crippen LogP contribution in [0.4, 0.5) is 0 Å². The first-order valence-electron chi connectivity index (χ1n) is 6.19. The summed E-state index contributed by atoms with van der Waals surface area (Å²) in [4.78, 5) is 11.9. The average molecular weight is 252 g/mol. The van der Waals surface area contributed by atoms with Crippen LogP contribution in [0.3, 0.4) is 0 Å². The lowest BCUT2D eigenvalue weighted by molar-refractivity contribution is -0.142. The highest BCUT2D eigenvalue weighted by molar-refractivity contribution is 6.08. The first-order valence-corrected chi connectivity index (χ1v) is 7.61. The van der Waals surface area contributed by atoms with Gasteiger partial charge in [-0.2, -0.15) is 0 Å². The van der Waals surface area contributed by atoms with E-state index in [9.17, 15) is 4.79 Å². The molecule has 3 rings (SSSR count). The summed E-state index contributed by atoms with van der Waals surface area (Å²) < 4.78 is 16.4. The summed E-state index contributed by atoms with van der Waals surface area (Å²) in [6.45, 7) is 1.20. The van der Waals surface area contributed by atoms with Crippen molar-refractivity contribution < 1.29 is 18.7 Å². The number of ether oxygens (including phenoxy) is 2. The molecular formula is C12H16O4Si. The monoisotopic (exact) mass is 252 g/mol. The van der Waals surface area contributed by atoms with Gasteiger partial charge in [0.15, 0.2) is 11.5 Å². The Morgan fingerprint density at radius 1 is 1.53 bits per heavy atom. The highest BCUT2D eigenvalue weighted by atomic mass is 28.1. The zero-order valence-electron chi connectivity index (χ0n) is 9.95. The maximum atomic E-state index is 11.9. The minimum Gasteiger partial charge on any atom is -0.490 e. The Kier molecular flexibility index (Phi) is 2.50. The molecule has 0 aromatic carbocycles. The number of furan rings is 1. The lowest BCUT2D eigenvalue weighted by Crippen LogP contribution is -2.32. The van der Waals surface area contributed by atoms with Gasteiger partial charge < -0.3 is 13.9 Å². The Bertz CT molecular complexity index is 453. The molecule has 2 aliphatic heterocycles. The molecule has 0 amide bonds. The van der Waals surface area contributed by atoms with E-state index in [4.69, 9.17) is 13.9 Å². The van der Waals surface area contributed by atoms with E-state index in [0.29, 0.717) is 31.8 Å². The molecule has 1 fully saturated rings. The first-order chi connectivity index (χ1) is 8.26. The van der Waals surface area contributed by atoms with Crippen LogP contribution in [0.1, 0.15) is 24.4 Å². The second kappa shape index (κ2) is 3.91. The zero-order chi connectivity index (χ0) is 11.9. The van der Waals surface area contributed by atoms with Gasteiger partial charge in [-0.15, -0.1) is 0 Å². The minimum absolute atomic E-state index is 0.153. The van der Waals surface area contributed by atoms with E-state index in [1.165, 1.54) is 16.3 Å². The van der Waals surface area contributed by atoms with Gasteiger partial charge in [-0.1, -0.05) is 6.04 Å². The first kappa shape index (κ1) is 10.9. The maximum absolute atomic E-state index is 11.9. The van der Waals surface area contributed by atoms with Crippen LogP contribution in [0.2, 0.25) is 6.04 Å². The summed E-state index contributed by atoms with van der Waals surface area (Å²) in [6.07, 6.45) is 2.43. The highest BCUT2D eigenvalue weighted by Gasteiger charge is 2.55. The maximum Gasteiger partial charge on any atom is 0.320 e. The van der Waals surface area contributed by atoms with Crippen LogP contribution in [0.5, 0.6) is 5.75 Å². The van der Waals surface area contributed by atoms with Crippen molar-refractivity contribution >= 4 is 16.2 Å². The van der Waals surface area contributed by atoms with Crippen molar-refractivity contribution in [2.75, 3.05) is 13.2 Å². The number of hydrogen-bond donors (Lipinski definition) is 0. The van der Waals surface area contributed by atoms with Crippen LogP contribution in [0.15, 0.2) is 10.5 Å². The Balaban J connectivity index is 1.83. The summed E-state index contributed by atoms with van der Waals surface area (Å²) >= 11 is 0. The van der Waals surface area contributed by atoms with Gasteiger partial charge in [-0.3, -0.25) is 4.79 Å². The minimum atomic E-state index is -0.555. The van der Waals surface area contributed by atoms with Crippen LogP contribution in [-0.4, -0.2) is 29.4 Å². The number of fused-ring (bicyclic) bond motifs is 3. The second-order valence-electron chi connectivity index (χ2n) is 4.75. The van der Waals surface area contributed by atoms with Crippen molar-refractivity contribution in [1.29, 1.82) is 0 Å². The molecule has 0 radical (unpaired) electrons. The normalized spacial score (nSPS) is 25.8. The number of cyclic esters (lactones) is 1. The topological polar surface area (TPSA) is 48.7 Å². The van der Waals surface area contributed by atoms with Gasteiger partial charge in [0, 0.05) is 29.2 Å². The number of carbonyl (C=O) groups is 1. The highest BCUT2D eigenvalue weighted by Crippen LogP contribution is 2.49. The third-order valence-electron chi connectivity index (χ3n) is 3.57. The van der Waals surface area contributed by atoms with Gasteiger partial charge in [-0.25, -0.2) is 0 Å². The predicted molar refractivity (Wildman–Crippen MR) is 64.5 cm³/mol. The van der Waals surface area contributed by atoms with E-state index in [1.807, 2.05) is 6.07 Å². The molecule has 4 nitrogen and oxygen atoms in total. The average Bonchev–Trinajstić information content (AvgIpc) is 2.96. The molecule has 2 aliphatic rings. The fraction of sp³-hybridized carbons (Fsp3) is 0.583. The number of rotatable bonds is 4. The second-order valence-corrected chi connectivity index (χ2v) is 5.75. The summed E-state index contributed by atoms with van der Waals surface area (Å²) in [5.41, 5.74) is -0.555. The molecule has 92 valence electrons. The molecule has 1 atom stereocenters. The molecule has 0 N–H and O–H groups in total. The van der Waals surface area contributed by atoms with Crippen molar-refractivity contribution in [1.82, 2.24) is 0 Å². The summed E-state index contributed by atoms with van der Waals surface area (Å²) in [6, 6.07) is 3.15. The molecular weight excluding hydrogens is 236 g/mol. The van der Waals surface area contributed by atoms with Crippen LogP contribution < -0.4 is 4.74 Å². The summed E-state index contributed by atoms with van der Waals surface area (Å²) in [5.74, 6) is 2.14. The van der Waals surface area contributed by atoms with Crippen molar-refractivity contribution in [3.8, 4) is 5.75 Å². The number of carbonyl (C=O) groups excluding carboxylic acids is 1. The van der Waals surface area contributed by atoms with E-state index < -0.39 is 5.41 Å². The Labute approximate surface area is 103 Å². The Hall–Kier alpha value is -1.23. The summed E-state index contributed by atoms with van der Waals surface area (Å²) in [7, 11) is 1.20. The predicted octanol–water partition coefficient (Wildman–Crippen LogP) is 0.573. The molecule has 1 aromatic heterocycles. The van der Waals surface area contributed by atoms with Crippen LogP contribution >= 0.6 is 0 Å². The van der Waals surface area contributed by atoms with Gasteiger partial charge in [0.1, 0.15) is 11.2 Å². The lowest BCUT2D eigenvalue weighted by Gasteiger charge is -2.19. The lowest BCUT2D eigenvalue weighted by atomic mass is 9.79. The molecule has 0 aliphatic carbocycles. The van der Waals surface area contributed by atoms with Gasteiger partial charge in [0.2, 0.25) is 0 Å². The third kappa shape index (κ3) is 1.52. The molecule has 17 heavy (non-hydrogen) atoms. The Morgan fingerprint density at radius 2 is 2.41 bits per heavy atom. The van der Waals surface area contributed by atoms with E-state index in [0.717, 1.165) is 17.9 Å². The zero-order valence-corrected chi connectivity index (χ0v) is 12.0. The molecule has 2 bridgehead atoms.